The van der Waals surface area contributed by atoms with Crippen LogP contribution in [-0.2, 0) is 6.54 Å². The Balaban J connectivity index is 2.24. The molecule has 0 unspecified atom stereocenters. The molecule has 0 aliphatic heterocycles. The van der Waals surface area contributed by atoms with Crippen molar-refractivity contribution in [2.24, 2.45) is 5.73 Å². The van der Waals surface area contributed by atoms with Crippen molar-refractivity contribution in [2.45, 2.75) is 44.7 Å². The number of nitrogens with zero attached hydrogens (tertiary/aromatic N) is 1. The molecule has 0 radical (unpaired) electrons. The second kappa shape index (κ2) is 7.27. The highest BCUT2D eigenvalue weighted by molar-refractivity contribution is 9.10. The Bertz CT molecular complexity index is 405. The fourth-order valence-electron chi connectivity index (χ4n) is 2.94. The second-order valence-corrected chi connectivity index (χ2v) is 6.15. The van der Waals surface area contributed by atoms with Gasteiger partial charge >= 0.3 is 0 Å². The van der Waals surface area contributed by atoms with Gasteiger partial charge in [-0.2, -0.15) is 0 Å². The van der Waals surface area contributed by atoms with Gasteiger partial charge in [-0.3, -0.25) is 0 Å². The Morgan fingerprint density at radius 3 is 2.58 bits per heavy atom. The monoisotopic (exact) mass is 326 g/mol. The lowest BCUT2D eigenvalue weighted by molar-refractivity contribution is 0.290. The summed E-state index contributed by atoms with van der Waals surface area (Å²) in [6, 6.07) is 6.89. The molecule has 0 amide bonds. The molecule has 2 rings (SSSR count). The minimum atomic E-state index is 0.195. The molecule has 1 aromatic rings. The van der Waals surface area contributed by atoms with Crippen LogP contribution >= 0.6 is 15.9 Å². The lowest BCUT2D eigenvalue weighted by atomic mass is 9.93. The standard InChI is InChI=1S/C15H23BrN2O/c16-13-8-12(11-17)9-15(10-13)18(6-7-19)14-4-2-1-3-5-14/h8-10,14,19H,1-7,11,17H2. The summed E-state index contributed by atoms with van der Waals surface area (Å²) in [4.78, 5) is 2.35. The number of rotatable bonds is 5. The average molecular weight is 327 g/mol. The van der Waals surface area contributed by atoms with Crippen molar-refractivity contribution in [1.29, 1.82) is 0 Å². The van der Waals surface area contributed by atoms with E-state index < -0.39 is 0 Å². The number of anilines is 1. The van der Waals surface area contributed by atoms with Crippen LogP contribution in [-0.4, -0.2) is 24.3 Å². The number of hydrogen-bond donors (Lipinski definition) is 2. The highest BCUT2D eigenvalue weighted by Crippen LogP contribution is 2.29. The Hall–Kier alpha value is -0.580. The number of halogens is 1. The summed E-state index contributed by atoms with van der Waals surface area (Å²) in [7, 11) is 0. The minimum Gasteiger partial charge on any atom is -0.395 e. The lowest BCUT2D eigenvalue weighted by Crippen LogP contribution is -2.39. The van der Waals surface area contributed by atoms with E-state index in [-0.39, 0.29) is 6.61 Å². The number of benzene rings is 1. The molecular weight excluding hydrogens is 304 g/mol. The predicted molar refractivity (Wildman–Crippen MR) is 83.3 cm³/mol. The van der Waals surface area contributed by atoms with Crippen LogP contribution < -0.4 is 10.6 Å². The maximum atomic E-state index is 9.35. The molecule has 0 saturated heterocycles. The number of aliphatic hydroxyl groups excluding tert-OH is 1. The summed E-state index contributed by atoms with van der Waals surface area (Å²) in [5, 5.41) is 9.35. The molecule has 19 heavy (non-hydrogen) atoms. The van der Waals surface area contributed by atoms with Crippen LogP contribution in [0.25, 0.3) is 0 Å². The highest BCUT2D eigenvalue weighted by Gasteiger charge is 2.21. The summed E-state index contributed by atoms with van der Waals surface area (Å²) >= 11 is 3.55. The molecule has 1 aliphatic carbocycles. The van der Waals surface area contributed by atoms with Crippen LogP contribution in [0.3, 0.4) is 0 Å². The van der Waals surface area contributed by atoms with Gasteiger partial charge in [0.1, 0.15) is 0 Å². The minimum absolute atomic E-state index is 0.195. The van der Waals surface area contributed by atoms with E-state index in [1.807, 2.05) is 0 Å². The maximum absolute atomic E-state index is 9.35. The summed E-state index contributed by atoms with van der Waals surface area (Å²) < 4.78 is 1.06. The maximum Gasteiger partial charge on any atom is 0.0606 e. The van der Waals surface area contributed by atoms with Gasteiger partial charge in [-0.25, -0.2) is 0 Å². The van der Waals surface area contributed by atoms with Crippen molar-refractivity contribution in [3.63, 3.8) is 0 Å². The molecule has 1 aromatic carbocycles. The summed E-state index contributed by atoms with van der Waals surface area (Å²) in [5.74, 6) is 0. The van der Waals surface area contributed by atoms with E-state index in [9.17, 15) is 5.11 Å². The van der Waals surface area contributed by atoms with E-state index in [1.54, 1.807) is 0 Å². The second-order valence-electron chi connectivity index (χ2n) is 5.23. The third-order valence-corrected chi connectivity index (χ3v) is 4.32. The first kappa shape index (κ1) is 14.8. The molecule has 0 heterocycles. The molecule has 3 N–H and O–H groups in total. The van der Waals surface area contributed by atoms with Crippen molar-refractivity contribution in [3.8, 4) is 0 Å². The first-order chi connectivity index (χ1) is 9.24. The Kier molecular flexibility index (Phi) is 5.67. The third kappa shape index (κ3) is 3.94. The zero-order valence-electron chi connectivity index (χ0n) is 11.3. The van der Waals surface area contributed by atoms with Crippen LogP contribution in [0.4, 0.5) is 5.69 Å². The Morgan fingerprint density at radius 2 is 1.95 bits per heavy atom. The zero-order valence-corrected chi connectivity index (χ0v) is 12.9. The van der Waals surface area contributed by atoms with E-state index >= 15 is 0 Å². The fourth-order valence-corrected chi connectivity index (χ4v) is 3.47. The van der Waals surface area contributed by atoms with E-state index in [1.165, 1.54) is 37.8 Å². The first-order valence-electron chi connectivity index (χ1n) is 7.11. The van der Waals surface area contributed by atoms with Gasteiger partial charge in [-0.15, -0.1) is 0 Å². The summed E-state index contributed by atoms with van der Waals surface area (Å²) in [6.45, 7) is 1.44. The van der Waals surface area contributed by atoms with Crippen LogP contribution in [0.2, 0.25) is 0 Å². The molecule has 0 bridgehead atoms. The fraction of sp³-hybridized carbons (Fsp3) is 0.600. The highest BCUT2D eigenvalue weighted by atomic mass is 79.9. The molecule has 1 aliphatic rings. The molecule has 1 saturated carbocycles. The lowest BCUT2D eigenvalue weighted by Gasteiger charge is -2.36. The molecule has 0 spiro atoms. The predicted octanol–water partition coefficient (Wildman–Crippen LogP) is 3.04. The van der Waals surface area contributed by atoms with Gasteiger partial charge in [0, 0.05) is 29.3 Å². The number of aliphatic hydroxyl groups is 1. The molecule has 0 atom stereocenters. The van der Waals surface area contributed by atoms with Crippen molar-refractivity contribution >= 4 is 21.6 Å². The van der Waals surface area contributed by atoms with Crippen LogP contribution in [0.5, 0.6) is 0 Å². The van der Waals surface area contributed by atoms with Gasteiger partial charge in [-0.05, 0) is 36.6 Å². The molecular formula is C15H23BrN2O. The van der Waals surface area contributed by atoms with Gasteiger partial charge in [0.15, 0.2) is 0 Å². The van der Waals surface area contributed by atoms with Crippen LogP contribution in [0.1, 0.15) is 37.7 Å². The van der Waals surface area contributed by atoms with Crippen molar-refractivity contribution in [1.82, 2.24) is 0 Å². The summed E-state index contributed by atoms with van der Waals surface area (Å²) in [5.41, 5.74) is 8.06. The molecule has 4 heteroatoms. The smallest absolute Gasteiger partial charge is 0.0606 e. The van der Waals surface area contributed by atoms with Gasteiger partial charge in [0.2, 0.25) is 0 Å². The van der Waals surface area contributed by atoms with Crippen LogP contribution in [0.15, 0.2) is 22.7 Å². The van der Waals surface area contributed by atoms with Gasteiger partial charge in [0.25, 0.3) is 0 Å². The zero-order chi connectivity index (χ0) is 13.7. The Morgan fingerprint density at radius 1 is 1.21 bits per heavy atom. The summed E-state index contributed by atoms with van der Waals surface area (Å²) in [6.07, 6.45) is 6.39. The SMILES string of the molecule is NCc1cc(Br)cc(N(CCO)C2CCCCC2)c1. The third-order valence-electron chi connectivity index (χ3n) is 3.87. The van der Waals surface area contributed by atoms with Gasteiger partial charge in [-0.1, -0.05) is 35.2 Å². The van der Waals surface area contributed by atoms with E-state index in [0.29, 0.717) is 19.1 Å². The van der Waals surface area contributed by atoms with E-state index in [4.69, 9.17) is 5.73 Å². The normalized spacial score (nSPS) is 16.6. The molecule has 106 valence electrons. The molecule has 3 nitrogen and oxygen atoms in total. The Labute approximate surface area is 123 Å². The van der Waals surface area contributed by atoms with E-state index in [0.717, 1.165) is 10.0 Å². The van der Waals surface area contributed by atoms with Gasteiger partial charge in [0.05, 0.1) is 6.61 Å². The average Bonchev–Trinajstić information content (AvgIpc) is 2.45. The van der Waals surface area contributed by atoms with Crippen molar-refractivity contribution in [2.75, 3.05) is 18.1 Å². The first-order valence-corrected chi connectivity index (χ1v) is 7.91. The topological polar surface area (TPSA) is 49.5 Å². The van der Waals surface area contributed by atoms with Crippen LogP contribution in [0, 0.1) is 0 Å². The number of hydrogen-bond acceptors (Lipinski definition) is 3. The molecule has 0 aromatic heterocycles. The quantitative estimate of drug-likeness (QED) is 0.874. The number of nitrogens with two attached hydrogens (primary N) is 1. The van der Waals surface area contributed by atoms with Gasteiger partial charge < -0.3 is 15.7 Å². The molecule has 1 fully saturated rings. The van der Waals surface area contributed by atoms with E-state index in [2.05, 4.69) is 39.0 Å². The van der Waals surface area contributed by atoms with Crippen molar-refractivity contribution < 1.29 is 5.11 Å². The van der Waals surface area contributed by atoms with Crippen molar-refractivity contribution in [3.05, 3.63) is 28.2 Å². The largest absolute Gasteiger partial charge is 0.395 e.